The molecule has 0 radical (unpaired) electrons. The van der Waals surface area contributed by atoms with Gasteiger partial charge in [0.25, 0.3) is 0 Å². The third-order valence-corrected chi connectivity index (χ3v) is 2.90. The minimum absolute atomic E-state index is 0.250. The first kappa shape index (κ1) is 11.8. The number of aromatic nitrogens is 4. The molecule has 3 aromatic rings. The Hall–Kier alpha value is -2.31. The van der Waals surface area contributed by atoms with E-state index < -0.39 is 11.9 Å². The number of hydrogen-bond donors (Lipinski definition) is 1. The molecule has 0 bridgehead atoms. The number of H-pyrrole nitrogens is 1. The number of alkyl halides is 3. The number of aryl methyl sites for hydroxylation is 1. The molecule has 3 rings (SSSR count). The molecule has 0 fully saturated rings. The van der Waals surface area contributed by atoms with Gasteiger partial charge in [-0.3, -0.25) is 5.10 Å². The summed E-state index contributed by atoms with van der Waals surface area (Å²) < 4.78 is 39.3. The summed E-state index contributed by atoms with van der Waals surface area (Å²) >= 11 is 0. The summed E-state index contributed by atoms with van der Waals surface area (Å²) in [6.45, 7) is 0. The zero-order chi connectivity index (χ0) is 13.6. The molecule has 0 aliphatic carbocycles. The van der Waals surface area contributed by atoms with Gasteiger partial charge < -0.3 is 4.57 Å². The molecule has 1 aromatic carbocycles. The van der Waals surface area contributed by atoms with Gasteiger partial charge in [0.2, 0.25) is 0 Å². The number of imidazole rings is 1. The fourth-order valence-corrected chi connectivity index (χ4v) is 1.91. The van der Waals surface area contributed by atoms with E-state index in [0.29, 0.717) is 5.56 Å². The van der Waals surface area contributed by atoms with Crippen LogP contribution in [0.25, 0.3) is 22.3 Å². The number of rotatable bonds is 1. The molecular weight excluding hydrogens is 257 g/mol. The summed E-state index contributed by atoms with van der Waals surface area (Å²) in [5, 5.41) is 5.68. The summed E-state index contributed by atoms with van der Waals surface area (Å²) in [5.74, 6) is 0. The van der Waals surface area contributed by atoms with Crippen molar-refractivity contribution in [3.05, 3.63) is 36.3 Å². The summed E-state index contributed by atoms with van der Waals surface area (Å²) in [4.78, 5) is 4.16. The van der Waals surface area contributed by atoms with E-state index >= 15 is 0 Å². The van der Waals surface area contributed by atoms with Crippen LogP contribution < -0.4 is 0 Å². The van der Waals surface area contributed by atoms with Gasteiger partial charge in [-0.25, -0.2) is 4.98 Å². The van der Waals surface area contributed by atoms with Gasteiger partial charge in [0.1, 0.15) is 5.69 Å². The first-order valence-corrected chi connectivity index (χ1v) is 5.49. The van der Waals surface area contributed by atoms with E-state index in [9.17, 15) is 13.2 Å². The van der Waals surface area contributed by atoms with E-state index in [4.69, 9.17) is 0 Å². The summed E-state index contributed by atoms with van der Waals surface area (Å²) in [5.41, 5.74) is 1.62. The van der Waals surface area contributed by atoms with Crippen molar-refractivity contribution in [2.24, 2.45) is 7.05 Å². The summed E-state index contributed by atoms with van der Waals surface area (Å²) in [6, 6.07) is 6.23. The maximum Gasteiger partial charge on any atom is 0.432 e. The molecule has 0 atom stereocenters. The van der Waals surface area contributed by atoms with Crippen LogP contribution in [-0.2, 0) is 13.2 Å². The van der Waals surface area contributed by atoms with Crippen molar-refractivity contribution in [3.8, 4) is 11.3 Å². The normalized spacial score (nSPS) is 12.2. The number of benzene rings is 1. The third kappa shape index (κ3) is 1.96. The van der Waals surface area contributed by atoms with Crippen molar-refractivity contribution in [2.75, 3.05) is 0 Å². The number of nitrogens with zero attached hydrogens (tertiary/aromatic N) is 3. The van der Waals surface area contributed by atoms with Gasteiger partial charge in [-0.15, -0.1) is 0 Å². The maximum atomic E-state index is 12.5. The largest absolute Gasteiger partial charge is 0.432 e. The predicted octanol–water partition coefficient (Wildman–Crippen LogP) is 2.98. The lowest BCUT2D eigenvalue weighted by molar-refractivity contribution is -0.141. The zero-order valence-corrected chi connectivity index (χ0v) is 9.86. The third-order valence-electron chi connectivity index (χ3n) is 2.90. The molecule has 19 heavy (non-hydrogen) atoms. The van der Waals surface area contributed by atoms with Crippen molar-refractivity contribution in [1.82, 2.24) is 19.7 Å². The van der Waals surface area contributed by atoms with Crippen LogP contribution in [0.15, 0.2) is 30.6 Å². The van der Waals surface area contributed by atoms with E-state index in [-0.39, 0.29) is 5.69 Å². The Morgan fingerprint density at radius 1 is 1.21 bits per heavy atom. The van der Waals surface area contributed by atoms with Crippen molar-refractivity contribution < 1.29 is 13.2 Å². The fourth-order valence-electron chi connectivity index (χ4n) is 1.91. The predicted molar refractivity (Wildman–Crippen MR) is 63.3 cm³/mol. The van der Waals surface area contributed by atoms with Crippen molar-refractivity contribution in [3.63, 3.8) is 0 Å². The van der Waals surface area contributed by atoms with Crippen LogP contribution >= 0.6 is 0 Å². The number of hydrogen-bond acceptors (Lipinski definition) is 2. The molecule has 2 heterocycles. The standard InChI is InChI=1S/C12H9F3N4/c1-19-6-16-9-4-7(2-3-10(9)19)8-5-11(18-17-8)12(13,14)15/h2-6H,1H3,(H,17,18). The average Bonchev–Trinajstić information content (AvgIpc) is 2.95. The number of fused-ring (bicyclic) bond motifs is 1. The van der Waals surface area contributed by atoms with Gasteiger partial charge in [0.05, 0.1) is 23.1 Å². The lowest BCUT2D eigenvalue weighted by atomic mass is 10.1. The van der Waals surface area contributed by atoms with E-state index in [1.54, 1.807) is 24.5 Å². The topological polar surface area (TPSA) is 46.5 Å². The Labute approximate surface area is 105 Å². The Bertz CT molecular complexity index is 739. The molecular formula is C12H9F3N4. The molecule has 4 nitrogen and oxygen atoms in total. The highest BCUT2D eigenvalue weighted by Crippen LogP contribution is 2.30. The van der Waals surface area contributed by atoms with E-state index in [0.717, 1.165) is 17.1 Å². The Morgan fingerprint density at radius 2 is 2.00 bits per heavy atom. The zero-order valence-electron chi connectivity index (χ0n) is 9.86. The van der Waals surface area contributed by atoms with Gasteiger partial charge >= 0.3 is 6.18 Å². The lowest BCUT2D eigenvalue weighted by Gasteiger charge is -2.00. The first-order chi connectivity index (χ1) is 8.95. The first-order valence-electron chi connectivity index (χ1n) is 5.49. The van der Waals surface area contributed by atoms with Crippen molar-refractivity contribution in [1.29, 1.82) is 0 Å². The molecule has 98 valence electrons. The Kier molecular flexibility index (Phi) is 2.38. The molecule has 0 spiro atoms. The molecule has 0 unspecified atom stereocenters. The van der Waals surface area contributed by atoms with Gasteiger partial charge in [0, 0.05) is 12.6 Å². The van der Waals surface area contributed by atoms with Gasteiger partial charge in [0.15, 0.2) is 0 Å². The molecule has 0 amide bonds. The highest BCUT2D eigenvalue weighted by atomic mass is 19.4. The summed E-state index contributed by atoms with van der Waals surface area (Å²) in [6.07, 6.45) is -2.76. The molecule has 7 heteroatoms. The second kappa shape index (κ2) is 3.84. The second-order valence-corrected chi connectivity index (χ2v) is 4.22. The van der Waals surface area contributed by atoms with E-state index in [1.165, 1.54) is 0 Å². The maximum absolute atomic E-state index is 12.5. The quantitative estimate of drug-likeness (QED) is 0.736. The van der Waals surface area contributed by atoms with Crippen molar-refractivity contribution in [2.45, 2.75) is 6.18 Å². The molecule has 2 aromatic heterocycles. The lowest BCUT2D eigenvalue weighted by Crippen LogP contribution is -2.04. The number of aromatic amines is 1. The number of halogens is 3. The van der Waals surface area contributed by atoms with Gasteiger partial charge in [-0.1, -0.05) is 6.07 Å². The van der Waals surface area contributed by atoms with Crippen LogP contribution in [-0.4, -0.2) is 19.7 Å². The minimum atomic E-state index is -4.42. The monoisotopic (exact) mass is 266 g/mol. The average molecular weight is 266 g/mol. The van der Waals surface area contributed by atoms with E-state index in [1.807, 2.05) is 16.7 Å². The highest BCUT2D eigenvalue weighted by Gasteiger charge is 2.33. The molecule has 0 aliphatic rings. The number of nitrogens with one attached hydrogen (secondary N) is 1. The Balaban J connectivity index is 2.06. The Morgan fingerprint density at radius 3 is 2.68 bits per heavy atom. The van der Waals surface area contributed by atoms with Gasteiger partial charge in [-0.2, -0.15) is 18.3 Å². The van der Waals surface area contributed by atoms with Crippen LogP contribution in [0.4, 0.5) is 13.2 Å². The van der Waals surface area contributed by atoms with Gasteiger partial charge in [-0.05, 0) is 18.2 Å². The SMILES string of the molecule is Cn1cnc2cc(-c3cc(C(F)(F)F)[nH]n3)ccc21. The highest BCUT2D eigenvalue weighted by molar-refractivity contribution is 5.81. The van der Waals surface area contributed by atoms with Crippen molar-refractivity contribution >= 4 is 11.0 Å². The fraction of sp³-hybridized carbons (Fsp3) is 0.167. The molecule has 0 saturated heterocycles. The summed E-state index contributed by atoms with van der Waals surface area (Å²) in [7, 11) is 1.85. The van der Waals surface area contributed by atoms with Crippen LogP contribution in [0.3, 0.4) is 0 Å². The van der Waals surface area contributed by atoms with Crippen LogP contribution in [0.1, 0.15) is 5.69 Å². The molecule has 0 saturated carbocycles. The molecule has 0 aliphatic heterocycles. The minimum Gasteiger partial charge on any atom is -0.334 e. The van der Waals surface area contributed by atoms with Crippen LogP contribution in [0, 0.1) is 0 Å². The second-order valence-electron chi connectivity index (χ2n) is 4.22. The van der Waals surface area contributed by atoms with Crippen LogP contribution in [0.2, 0.25) is 0 Å². The van der Waals surface area contributed by atoms with Crippen LogP contribution in [0.5, 0.6) is 0 Å². The smallest absolute Gasteiger partial charge is 0.334 e. The molecule has 1 N–H and O–H groups in total. The van der Waals surface area contributed by atoms with E-state index in [2.05, 4.69) is 10.1 Å².